The molecule has 1 aromatic heterocycles. The van der Waals surface area contributed by atoms with E-state index in [0.29, 0.717) is 45.7 Å². The second-order valence-electron chi connectivity index (χ2n) is 5.74. The Labute approximate surface area is 156 Å². The number of halogens is 1. The summed E-state index contributed by atoms with van der Waals surface area (Å²) in [5, 5.41) is 7.39. The van der Waals surface area contributed by atoms with Crippen LogP contribution in [-0.2, 0) is 16.3 Å². The molecule has 0 bridgehead atoms. The largest absolute Gasteiger partial charge is 0.496 e. The highest BCUT2D eigenvalue weighted by atomic mass is 35.5. The normalized spacial score (nSPS) is 11.5. The molecular weight excluding hydrogens is 376 g/mol. The van der Waals surface area contributed by atoms with E-state index in [1.165, 1.54) is 13.4 Å². The third-order valence-electron chi connectivity index (χ3n) is 3.82. The number of H-pyrrole nitrogens is 1. The van der Waals surface area contributed by atoms with Crippen LogP contribution >= 0.6 is 11.6 Å². The molecule has 0 aliphatic carbocycles. The van der Waals surface area contributed by atoms with Gasteiger partial charge < -0.3 is 10.5 Å². The Morgan fingerprint density at radius 1 is 1.27 bits per heavy atom. The number of nitrogens with one attached hydrogen (secondary N) is 1. The number of sulfone groups is 1. The van der Waals surface area contributed by atoms with E-state index in [0.717, 1.165) is 0 Å². The van der Waals surface area contributed by atoms with Crippen molar-refractivity contribution in [2.24, 2.45) is 0 Å². The van der Waals surface area contributed by atoms with Crippen molar-refractivity contribution >= 4 is 27.1 Å². The number of rotatable bonds is 5. The molecule has 3 aromatic rings. The zero-order valence-electron chi connectivity index (χ0n) is 14.2. The molecule has 0 unspecified atom stereocenters. The second kappa shape index (κ2) is 6.97. The number of hydrogen-bond acceptors (Lipinski definition) is 6. The third-order valence-corrected chi connectivity index (χ3v) is 5.35. The Kier molecular flexibility index (Phi) is 4.88. The fourth-order valence-corrected chi connectivity index (χ4v) is 3.71. The molecule has 3 rings (SSSR count). The summed E-state index contributed by atoms with van der Waals surface area (Å²) in [6, 6.07) is 10.0. The smallest absolute Gasteiger partial charge is 0.184 e. The number of aromatic amines is 1. The Hall–Kier alpha value is -2.58. The van der Waals surface area contributed by atoms with Crippen LogP contribution in [0.4, 0.5) is 5.69 Å². The maximum atomic E-state index is 11.9. The molecule has 0 amide bonds. The first-order valence-corrected chi connectivity index (χ1v) is 9.89. The fraction of sp³-hybridized carbons (Fsp3) is 0.176. The van der Waals surface area contributed by atoms with Crippen molar-refractivity contribution in [3.8, 4) is 17.1 Å². The lowest BCUT2D eigenvalue weighted by Crippen LogP contribution is -2.03. The number of anilines is 1. The van der Waals surface area contributed by atoms with Gasteiger partial charge in [0.2, 0.25) is 0 Å². The summed E-state index contributed by atoms with van der Waals surface area (Å²) in [4.78, 5) is 4.71. The number of nitrogen functional groups attached to an aromatic ring is 1. The predicted octanol–water partition coefficient (Wildman–Crippen LogP) is 2.71. The summed E-state index contributed by atoms with van der Waals surface area (Å²) in [6.07, 6.45) is 1.47. The molecule has 0 aliphatic heterocycles. The number of aromatic nitrogens is 3. The minimum atomic E-state index is -3.33. The van der Waals surface area contributed by atoms with Crippen LogP contribution in [0.15, 0.2) is 41.3 Å². The SMILES string of the molecule is COc1cc(N)c(Cl)cc1-c1n[nH]c(Cc2ccccc2S(C)(=O)=O)n1. The van der Waals surface area contributed by atoms with Gasteiger partial charge in [-0.3, -0.25) is 5.10 Å². The summed E-state index contributed by atoms with van der Waals surface area (Å²) in [6.45, 7) is 0. The van der Waals surface area contributed by atoms with Crippen LogP contribution in [-0.4, -0.2) is 37.0 Å². The van der Waals surface area contributed by atoms with Crippen LogP contribution in [0, 0.1) is 0 Å². The van der Waals surface area contributed by atoms with Crippen LogP contribution in [0.1, 0.15) is 11.4 Å². The van der Waals surface area contributed by atoms with Crippen molar-refractivity contribution in [3.63, 3.8) is 0 Å². The lowest BCUT2D eigenvalue weighted by Gasteiger charge is -2.08. The fourth-order valence-electron chi connectivity index (χ4n) is 2.60. The van der Waals surface area contributed by atoms with Crippen molar-refractivity contribution in [1.29, 1.82) is 0 Å². The Morgan fingerprint density at radius 2 is 2.00 bits per heavy atom. The zero-order chi connectivity index (χ0) is 18.9. The molecule has 0 saturated heterocycles. The van der Waals surface area contributed by atoms with Crippen molar-refractivity contribution in [3.05, 3.63) is 52.8 Å². The topological polar surface area (TPSA) is 111 Å². The monoisotopic (exact) mass is 392 g/mol. The maximum Gasteiger partial charge on any atom is 0.184 e. The molecule has 136 valence electrons. The molecule has 3 N–H and O–H groups in total. The maximum absolute atomic E-state index is 11.9. The quantitative estimate of drug-likeness (QED) is 0.646. The van der Waals surface area contributed by atoms with E-state index in [9.17, 15) is 8.42 Å². The highest BCUT2D eigenvalue weighted by molar-refractivity contribution is 7.90. The van der Waals surface area contributed by atoms with Gasteiger partial charge in [0.15, 0.2) is 15.7 Å². The van der Waals surface area contributed by atoms with Gasteiger partial charge in [-0.2, -0.15) is 5.10 Å². The van der Waals surface area contributed by atoms with Gasteiger partial charge in [-0.25, -0.2) is 13.4 Å². The molecule has 0 aliphatic rings. The molecule has 0 fully saturated rings. The molecule has 0 saturated carbocycles. The summed E-state index contributed by atoms with van der Waals surface area (Å²) in [5.74, 6) is 1.40. The van der Waals surface area contributed by atoms with E-state index >= 15 is 0 Å². The molecule has 1 heterocycles. The van der Waals surface area contributed by atoms with Gasteiger partial charge in [0.05, 0.1) is 28.3 Å². The van der Waals surface area contributed by atoms with Gasteiger partial charge in [0.25, 0.3) is 0 Å². The Morgan fingerprint density at radius 3 is 2.69 bits per heavy atom. The van der Waals surface area contributed by atoms with Gasteiger partial charge in [0, 0.05) is 18.7 Å². The van der Waals surface area contributed by atoms with E-state index < -0.39 is 9.84 Å². The number of methoxy groups -OCH3 is 1. The summed E-state index contributed by atoms with van der Waals surface area (Å²) < 4.78 is 29.2. The first-order valence-electron chi connectivity index (χ1n) is 7.62. The molecule has 0 radical (unpaired) electrons. The van der Waals surface area contributed by atoms with Crippen molar-refractivity contribution < 1.29 is 13.2 Å². The van der Waals surface area contributed by atoms with E-state index in [2.05, 4.69) is 15.2 Å². The van der Waals surface area contributed by atoms with Crippen LogP contribution < -0.4 is 10.5 Å². The van der Waals surface area contributed by atoms with Crippen LogP contribution in [0.5, 0.6) is 5.75 Å². The Balaban J connectivity index is 1.97. The number of nitrogens with zero attached hydrogens (tertiary/aromatic N) is 2. The molecule has 9 heteroatoms. The average Bonchev–Trinajstić information content (AvgIpc) is 3.04. The number of ether oxygens (including phenoxy) is 1. The van der Waals surface area contributed by atoms with Crippen molar-refractivity contribution in [2.75, 3.05) is 19.1 Å². The van der Waals surface area contributed by atoms with E-state index in [1.807, 2.05) is 0 Å². The highest BCUT2D eigenvalue weighted by Gasteiger charge is 2.17. The van der Waals surface area contributed by atoms with E-state index in [-0.39, 0.29) is 4.90 Å². The number of hydrogen-bond donors (Lipinski definition) is 2. The lowest BCUT2D eigenvalue weighted by molar-refractivity contribution is 0.416. The second-order valence-corrected chi connectivity index (χ2v) is 8.13. The molecule has 26 heavy (non-hydrogen) atoms. The van der Waals surface area contributed by atoms with Gasteiger partial charge in [-0.15, -0.1) is 0 Å². The van der Waals surface area contributed by atoms with Gasteiger partial charge in [-0.1, -0.05) is 29.8 Å². The summed E-state index contributed by atoms with van der Waals surface area (Å²) in [7, 11) is -1.82. The summed E-state index contributed by atoms with van der Waals surface area (Å²) >= 11 is 6.09. The van der Waals surface area contributed by atoms with Crippen molar-refractivity contribution in [1.82, 2.24) is 15.2 Å². The Bertz CT molecular complexity index is 1060. The minimum absolute atomic E-state index is 0.269. The highest BCUT2D eigenvalue weighted by Crippen LogP contribution is 2.34. The van der Waals surface area contributed by atoms with Crippen LogP contribution in [0.25, 0.3) is 11.4 Å². The molecule has 0 atom stereocenters. The number of benzene rings is 2. The first kappa shape index (κ1) is 18.2. The van der Waals surface area contributed by atoms with Crippen LogP contribution in [0.2, 0.25) is 5.02 Å². The summed E-state index contributed by atoms with van der Waals surface area (Å²) in [5.41, 5.74) is 7.41. The van der Waals surface area contributed by atoms with E-state index in [1.54, 1.807) is 36.4 Å². The molecular formula is C17H17ClN4O3S. The minimum Gasteiger partial charge on any atom is -0.496 e. The zero-order valence-corrected chi connectivity index (χ0v) is 15.7. The van der Waals surface area contributed by atoms with E-state index in [4.69, 9.17) is 22.1 Å². The van der Waals surface area contributed by atoms with Gasteiger partial charge in [0.1, 0.15) is 11.6 Å². The first-order chi connectivity index (χ1) is 12.3. The third kappa shape index (κ3) is 3.66. The van der Waals surface area contributed by atoms with Crippen LogP contribution in [0.3, 0.4) is 0 Å². The predicted molar refractivity (Wildman–Crippen MR) is 100 cm³/mol. The van der Waals surface area contributed by atoms with Gasteiger partial charge >= 0.3 is 0 Å². The lowest BCUT2D eigenvalue weighted by atomic mass is 10.1. The average molecular weight is 393 g/mol. The number of nitrogens with two attached hydrogens (primary N) is 1. The standard InChI is InChI=1S/C17H17ClN4O3S/c1-25-14-9-13(19)12(18)8-11(14)17-20-16(21-22-17)7-10-5-3-4-6-15(10)26(2,23)24/h3-6,8-9H,7,19H2,1-2H3,(H,20,21,22). The van der Waals surface area contributed by atoms with Gasteiger partial charge in [-0.05, 0) is 17.7 Å². The molecule has 0 spiro atoms. The van der Waals surface area contributed by atoms with Crippen molar-refractivity contribution in [2.45, 2.75) is 11.3 Å². The molecule has 2 aromatic carbocycles. The molecule has 7 nitrogen and oxygen atoms in total.